The van der Waals surface area contributed by atoms with Crippen molar-refractivity contribution in [2.24, 2.45) is 5.92 Å². The predicted octanol–water partition coefficient (Wildman–Crippen LogP) is 7.00. The van der Waals surface area contributed by atoms with Crippen molar-refractivity contribution in [3.8, 4) is 17.2 Å². The molecule has 2 aliphatic rings. The fourth-order valence-corrected chi connectivity index (χ4v) is 5.18. The topological polar surface area (TPSA) is 18.5 Å². The maximum atomic E-state index is 6.65. The summed E-state index contributed by atoms with van der Waals surface area (Å²) >= 11 is 0. The number of hydrogen-bond acceptors (Lipinski definition) is 2. The Labute approximate surface area is 163 Å². The highest BCUT2D eigenvalue weighted by Crippen LogP contribution is 2.46. The van der Waals surface area contributed by atoms with Crippen molar-refractivity contribution < 1.29 is 9.47 Å². The fourth-order valence-electron chi connectivity index (χ4n) is 5.18. The molecule has 2 atom stereocenters. The van der Waals surface area contributed by atoms with Crippen LogP contribution in [0, 0.1) is 5.92 Å². The molecule has 0 saturated heterocycles. The predicted molar refractivity (Wildman–Crippen MR) is 111 cm³/mol. The van der Waals surface area contributed by atoms with E-state index in [1.807, 2.05) is 0 Å². The normalized spacial score (nSPS) is 21.5. The van der Waals surface area contributed by atoms with Crippen molar-refractivity contribution in [2.75, 3.05) is 7.11 Å². The summed E-state index contributed by atoms with van der Waals surface area (Å²) in [4.78, 5) is 0. The molecule has 0 amide bonds. The minimum absolute atomic E-state index is 0.528. The first-order chi connectivity index (χ1) is 13.1. The van der Waals surface area contributed by atoms with Gasteiger partial charge in [-0.05, 0) is 80.0 Å². The Morgan fingerprint density at radius 1 is 0.889 bits per heavy atom. The van der Waals surface area contributed by atoms with Crippen LogP contribution >= 0.6 is 0 Å². The largest absolute Gasteiger partial charge is 0.496 e. The van der Waals surface area contributed by atoms with Crippen molar-refractivity contribution in [1.29, 1.82) is 0 Å². The van der Waals surface area contributed by atoms with E-state index in [0.29, 0.717) is 17.8 Å². The van der Waals surface area contributed by atoms with Gasteiger partial charge in [0.15, 0.2) is 0 Å². The molecule has 0 saturated carbocycles. The number of hydrogen-bond donors (Lipinski definition) is 0. The van der Waals surface area contributed by atoms with E-state index in [1.54, 1.807) is 7.11 Å². The molecule has 2 aliphatic carbocycles. The molecule has 0 spiro atoms. The molecule has 0 N–H and O–H groups in total. The van der Waals surface area contributed by atoms with E-state index in [-0.39, 0.29) is 0 Å². The van der Waals surface area contributed by atoms with Crippen molar-refractivity contribution >= 4 is 0 Å². The third-order valence-corrected chi connectivity index (χ3v) is 6.56. The lowest BCUT2D eigenvalue weighted by atomic mass is 9.76. The maximum Gasteiger partial charge on any atom is 0.131 e. The average molecular weight is 365 g/mol. The summed E-state index contributed by atoms with van der Waals surface area (Å²) < 4.78 is 12.3. The van der Waals surface area contributed by atoms with Gasteiger partial charge in [-0.3, -0.25) is 0 Å². The van der Waals surface area contributed by atoms with Crippen molar-refractivity contribution in [1.82, 2.24) is 0 Å². The molecule has 144 valence electrons. The molecular formula is C25H32O2. The summed E-state index contributed by atoms with van der Waals surface area (Å²) in [6, 6.07) is 10.8. The Morgan fingerprint density at radius 3 is 2.44 bits per heavy atom. The Hall–Kier alpha value is -1.96. The van der Waals surface area contributed by atoms with Gasteiger partial charge in [-0.1, -0.05) is 32.9 Å². The van der Waals surface area contributed by atoms with Crippen LogP contribution in [0.2, 0.25) is 0 Å². The SMILES string of the molecule is COc1ccc(Oc2cccc3c2C(C(C)C)CCC3)c2c1C(C)CCC2. The highest BCUT2D eigenvalue weighted by atomic mass is 16.5. The van der Waals surface area contributed by atoms with Crippen LogP contribution < -0.4 is 9.47 Å². The second-order valence-corrected chi connectivity index (χ2v) is 8.63. The summed E-state index contributed by atoms with van der Waals surface area (Å²) in [5, 5.41) is 0. The lowest BCUT2D eigenvalue weighted by Crippen LogP contribution is -2.16. The minimum atomic E-state index is 0.528. The number of fused-ring (bicyclic) bond motifs is 2. The van der Waals surface area contributed by atoms with E-state index in [1.165, 1.54) is 54.4 Å². The Balaban J connectivity index is 1.77. The first-order valence-electron chi connectivity index (χ1n) is 10.6. The Morgan fingerprint density at radius 2 is 1.67 bits per heavy atom. The number of benzene rings is 2. The third-order valence-electron chi connectivity index (χ3n) is 6.56. The number of aryl methyl sites for hydroxylation is 1. The van der Waals surface area contributed by atoms with E-state index in [0.717, 1.165) is 23.7 Å². The highest BCUT2D eigenvalue weighted by molar-refractivity contribution is 5.54. The van der Waals surface area contributed by atoms with E-state index >= 15 is 0 Å². The Kier molecular flexibility index (Phi) is 5.16. The summed E-state index contributed by atoms with van der Waals surface area (Å²) in [5.41, 5.74) is 5.63. The van der Waals surface area contributed by atoms with Crippen LogP contribution in [0.3, 0.4) is 0 Å². The fraction of sp³-hybridized carbons (Fsp3) is 0.520. The quantitative estimate of drug-likeness (QED) is 0.581. The van der Waals surface area contributed by atoms with Gasteiger partial charge in [0.1, 0.15) is 17.2 Å². The van der Waals surface area contributed by atoms with Crippen LogP contribution in [0.1, 0.15) is 80.5 Å². The number of ether oxygens (including phenoxy) is 2. The van der Waals surface area contributed by atoms with Gasteiger partial charge in [-0.15, -0.1) is 0 Å². The van der Waals surface area contributed by atoms with Crippen LogP contribution in [0.15, 0.2) is 30.3 Å². The number of methoxy groups -OCH3 is 1. The minimum Gasteiger partial charge on any atom is -0.496 e. The monoisotopic (exact) mass is 364 g/mol. The summed E-state index contributed by atoms with van der Waals surface area (Å²) in [5.74, 6) is 4.87. The van der Waals surface area contributed by atoms with Gasteiger partial charge in [0, 0.05) is 16.7 Å². The van der Waals surface area contributed by atoms with Gasteiger partial charge in [0.05, 0.1) is 7.11 Å². The molecular weight excluding hydrogens is 332 g/mol. The maximum absolute atomic E-state index is 6.65. The first-order valence-corrected chi connectivity index (χ1v) is 10.6. The van der Waals surface area contributed by atoms with Gasteiger partial charge in [-0.2, -0.15) is 0 Å². The molecule has 2 heteroatoms. The second-order valence-electron chi connectivity index (χ2n) is 8.63. The van der Waals surface area contributed by atoms with Gasteiger partial charge in [-0.25, -0.2) is 0 Å². The van der Waals surface area contributed by atoms with Crippen LogP contribution in [-0.2, 0) is 12.8 Å². The second kappa shape index (κ2) is 7.58. The van der Waals surface area contributed by atoms with Gasteiger partial charge in [0.2, 0.25) is 0 Å². The van der Waals surface area contributed by atoms with Crippen molar-refractivity contribution in [3.63, 3.8) is 0 Å². The van der Waals surface area contributed by atoms with Crippen LogP contribution in [0.25, 0.3) is 0 Å². The smallest absolute Gasteiger partial charge is 0.131 e. The van der Waals surface area contributed by atoms with Crippen molar-refractivity contribution in [3.05, 3.63) is 52.6 Å². The first kappa shape index (κ1) is 18.4. The van der Waals surface area contributed by atoms with E-state index < -0.39 is 0 Å². The molecule has 0 heterocycles. The molecule has 27 heavy (non-hydrogen) atoms. The molecule has 0 fully saturated rings. The van der Waals surface area contributed by atoms with E-state index in [9.17, 15) is 0 Å². The van der Waals surface area contributed by atoms with Gasteiger partial charge >= 0.3 is 0 Å². The number of rotatable bonds is 4. The zero-order chi connectivity index (χ0) is 19.0. The molecule has 0 aliphatic heterocycles. The lowest BCUT2D eigenvalue weighted by molar-refractivity contribution is 0.388. The molecule has 0 radical (unpaired) electrons. The molecule has 2 nitrogen and oxygen atoms in total. The summed E-state index contributed by atoms with van der Waals surface area (Å²) in [6.07, 6.45) is 7.25. The molecule has 0 aromatic heterocycles. The highest BCUT2D eigenvalue weighted by Gasteiger charge is 2.28. The molecule has 2 aromatic carbocycles. The van der Waals surface area contributed by atoms with Crippen LogP contribution in [-0.4, -0.2) is 7.11 Å². The molecule has 0 bridgehead atoms. The standard InChI is InChI=1S/C25H32O2/c1-16(2)19-11-6-9-18-10-7-13-23(25(18)19)27-21-14-15-22(26-4)24-17(3)8-5-12-20(21)24/h7,10,13-17,19H,5-6,8-9,11-12H2,1-4H3. The van der Waals surface area contributed by atoms with Crippen molar-refractivity contribution in [2.45, 2.75) is 71.1 Å². The van der Waals surface area contributed by atoms with E-state index in [2.05, 4.69) is 51.1 Å². The summed E-state index contributed by atoms with van der Waals surface area (Å²) in [7, 11) is 1.78. The van der Waals surface area contributed by atoms with Crippen LogP contribution in [0.4, 0.5) is 0 Å². The summed E-state index contributed by atoms with van der Waals surface area (Å²) in [6.45, 7) is 6.99. The average Bonchev–Trinajstić information content (AvgIpc) is 2.68. The third kappa shape index (κ3) is 3.35. The van der Waals surface area contributed by atoms with Gasteiger partial charge < -0.3 is 9.47 Å². The lowest BCUT2D eigenvalue weighted by Gasteiger charge is -2.31. The van der Waals surface area contributed by atoms with Crippen LogP contribution in [0.5, 0.6) is 17.2 Å². The van der Waals surface area contributed by atoms with Gasteiger partial charge in [0.25, 0.3) is 0 Å². The zero-order valence-corrected chi connectivity index (χ0v) is 17.2. The Bertz CT molecular complexity index is 821. The van der Waals surface area contributed by atoms with E-state index in [4.69, 9.17) is 9.47 Å². The molecule has 2 unspecified atom stereocenters. The molecule has 2 aromatic rings. The zero-order valence-electron chi connectivity index (χ0n) is 17.2. The molecule has 4 rings (SSSR count).